The molecule has 2 N–H and O–H groups in total. The average molecular weight is 244 g/mol. The largest absolute Gasteiger partial charge is 0.511 e. The number of aryl methyl sites for hydroxylation is 1. The second kappa shape index (κ2) is 4.52. The number of aliphatic hydroxyl groups is 1. The summed E-state index contributed by atoms with van der Waals surface area (Å²) in [6.45, 7) is 6.09. The number of benzene rings is 1. The van der Waals surface area contributed by atoms with E-state index in [9.17, 15) is 10.2 Å². The highest BCUT2D eigenvalue weighted by Crippen LogP contribution is 2.38. The van der Waals surface area contributed by atoms with Gasteiger partial charge >= 0.3 is 0 Å². The van der Waals surface area contributed by atoms with Crippen molar-refractivity contribution in [3.8, 4) is 5.75 Å². The summed E-state index contributed by atoms with van der Waals surface area (Å²) in [6.07, 6.45) is 7.31. The number of aromatic hydroxyl groups is 1. The molecule has 2 nitrogen and oxygen atoms in total. The maximum Gasteiger partial charge on any atom is 0.119 e. The van der Waals surface area contributed by atoms with Gasteiger partial charge in [0.25, 0.3) is 0 Å². The zero-order valence-corrected chi connectivity index (χ0v) is 11.2. The van der Waals surface area contributed by atoms with Gasteiger partial charge in [-0.3, -0.25) is 0 Å². The Balaban J connectivity index is 2.63. The predicted molar refractivity (Wildman–Crippen MR) is 74.9 cm³/mol. The molecular formula is C16H20O2. The van der Waals surface area contributed by atoms with Gasteiger partial charge in [-0.05, 0) is 49.1 Å². The van der Waals surface area contributed by atoms with E-state index in [1.165, 1.54) is 0 Å². The number of phenolic OH excluding ortho intramolecular Hbond substituents is 1. The number of fused-ring (bicyclic) bond motifs is 1. The zero-order chi connectivity index (χ0) is 13.3. The maximum absolute atomic E-state index is 10.1. The standard InChI is InChI=1S/C16H20O2/c1-4-6-12-9-13-11(10-14(12)17)7-5-8-15(18)16(13,2)3/h5,7-10,17-18H,4,6H2,1-3H3. The van der Waals surface area contributed by atoms with Crippen LogP contribution in [0.5, 0.6) is 5.75 Å². The lowest BCUT2D eigenvalue weighted by Gasteiger charge is -2.26. The van der Waals surface area contributed by atoms with Gasteiger partial charge in [0.2, 0.25) is 0 Å². The first-order valence-electron chi connectivity index (χ1n) is 6.41. The smallest absolute Gasteiger partial charge is 0.119 e. The van der Waals surface area contributed by atoms with Gasteiger partial charge in [0.05, 0.1) is 0 Å². The number of phenols is 1. The minimum absolute atomic E-state index is 0.345. The highest BCUT2D eigenvalue weighted by molar-refractivity contribution is 5.64. The van der Waals surface area contributed by atoms with Crippen LogP contribution in [0.15, 0.2) is 30.0 Å². The molecule has 1 aliphatic rings. The lowest BCUT2D eigenvalue weighted by Crippen LogP contribution is -2.21. The van der Waals surface area contributed by atoms with Crippen molar-refractivity contribution in [2.75, 3.05) is 0 Å². The summed E-state index contributed by atoms with van der Waals surface area (Å²) in [4.78, 5) is 0. The molecule has 0 aromatic heterocycles. The predicted octanol–water partition coefficient (Wildman–Crippen LogP) is 4.09. The molecule has 0 radical (unpaired) electrons. The van der Waals surface area contributed by atoms with Crippen LogP contribution in [0.2, 0.25) is 0 Å². The van der Waals surface area contributed by atoms with Gasteiger partial charge in [-0.2, -0.15) is 0 Å². The SMILES string of the molecule is CCCc1cc2c(cc1O)C=CC=C(O)C2(C)C. The molecule has 0 fully saturated rings. The van der Waals surface area contributed by atoms with Gasteiger partial charge in [-0.15, -0.1) is 0 Å². The second-order valence-electron chi connectivity index (χ2n) is 5.35. The summed E-state index contributed by atoms with van der Waals surface area (Å²) >= 11 is 0. The van der Waals surface area contributed by atoms with Crippen molar-refractivity contribution in [3.05, 3.63) is 46.7 Å². The van der Waals surface area contributed by atoms with Gasteiger partial charge in [0.1, 0.15) is 11.5 Å². The van der Waals surface area contributed by atoms with Crippen molar-refractivity contribution in [1.82, 2.24) is 0 Å². The summed E-state index contributed by atoms with van der Waals surface area (Å²) in [5, 5.41) is 20.1. The molecule has 2 rings (SSSR count). The Labute approximate surface area is 108 Å². The number of hydrogen-bond acceptors (Lipinski definition) is 2. The van der Waals surface area contributed by atoms with Gasteiger partial charge in [0.15, 0.2) is 0 Å². The van der Waals surface area contributed by atoms with Crippen LogP contribution in [0.4, 0.5) is 0 Å². The molecule has 0 bridgehead atoms. The summed E-state index contributed by atoms with van der Waals surface area (Å²) < 4.78 is 0. The van der Waals surface area contributed by atoms with Crippen LogP contribution < -0.4 is 0 Å². The minimum Gasteiger partial charge on any atom is -0.511 e. The molecule has 18 heavy (non-hydrogen) atoms. The molecule has 1 aliphatic carbocycles. The Hall–Kier alpha value is -1.70. The number of hydrogen-bond donors (Lipinski definition) is 2. The van der Waals surface area contributed by atoms with Crippen molar-refractivity contribution >= 4 is 6.08 Å². The molecule has 1 aromatic carbocycles. The van der Waals surface area contributed by atoms with Crippen molar-refractivity contribution < 1.29 is 10.2 Å². The van der Waals surface area contributed by atoms with Crippen LogP contribution in [-0.4, -0.2) is 10.2 Å². The minimum atomic E-state index is -0.422. The first-order valence-corrected chi connectivity index (χ1v) is 6.41. The molecule has 0 heterocycles. The third-order valence-corrected chi connectivity index (χ3v) is 3.61. The van der Waals surface area contributed by atoms with Crippen molar-refractivity contribution in [2.45, 2.75) is 39.0 Å². The van der Waals surface area contributed by atoms with E-state index < -0.39 is 5.41 Å². The van der Waals surface area contributed by atoms with Crippen LogP contribution >= 0.6 is 0 Å². The van der Waals surface area contributed by atoms with E-state index >= 15 is 0 Å². The summed E-state index contributed by atoms with van der Waals surface area (Å²) in [6, 6.07) is 3.82. The third kappa shape index (κ3) is 2.03. The lowest BCUT2D eigenvalue weighted by molar-refractivity contribution is 0.321. The van der Waals surface area contributed by atoms with E-state index in [0.29, 0.717) is 11.5 Å². The summed E-state index contributed by atoms with van der Waals surface area (Å²) in [5.41, 5.74) is 2.56. The molecule has 0 saturated carbocycles. The van der Waals surface area contributed by atoms with E-state index in [1.54, 1.807) is 12.1 Å². The highest BCUT2D eigenvalue weighted by Gasteiger charge is 2.29. The molecule has 0 aliphatic heterocycles. The molecule has 0 amide bonds. The Kier molecular flexibility index (Phi) is 3.20. The molecule has 0 atom stereocenters. The first-order chi connectivity index (χ1) is 8.46. The van der Waals surface area contributed by atoms with E-state index in [0.717, 1.165) is 29.5 Å². The Morgan fingerprint density at radius 1 is 1.17 bits per heavy atom. The zero-order valence-electron chi connectivity index (χ0n) is 11.2. The van der Waals surface area contributed by atoms with Crippen LogP contribution in [0.3, 0.4) is 0 Å². The fourth-order valence-electron chi connectivity index (χ4n) is 2.39. The van der Waals surface area contributed by atoms with Crippen molar-refractivity contribution in [1.29, 1.82) is 0 Å². The van der Waals surface area contributed by atoms with Gasteiger partial charge < -0.3 is 10.2 Å². The lowest BCUT2D eigenvalue weighted by atomic mass is 9.79. The van der Waals surface area contributed by atoms with E-state index in [4.69, 9.17) is 0 Å². The van der Waals surface area contributed by atoms with Crippen LogP contribution in [0.25, 0.3) is 6.08 Å². The molecule has 0 unspecified atom stereocenters. The van der Waals surface area contributed by atoms with Gasteiger partial charge in [-0.25, -0.2) is 0 Å². The van der Waals surface area contributed by atoms with Crippen molar-refractivity contribution in [2.24, 2.45) is 0 Å². The molecule has 2 heteroatoms. The molecule has 96 valence electrons. The van der Waals surface area contributed by atoms with E-state index in [-0.39, 0.29) is 0 Å². The van der Waals surface area contributed by atoms with E-state index in [1.807, 2.05) is 32.1 Å². The fourth-order valence-corrected chi connectivity index (χ4v) is 2.39. The van der Waals surface area contributed by atoms with Gasteiger partial charge in [-0.1, -0.05) is 31.6 Å². The summed E-state index contributed by atoms with van der Waals surface area (Å²) in [7, 11) is 0. The molecular weight excluding hydrogens is 224 g/mol. The maximum atomic E-state index is 10.1. The van der Waals surface area contributed by atoms with Crippen LogP contribution in [0, 0.1) is 0 Å². The van der Waals surface area contributed by atoms with Gasteiger partial charge in [0, 0.05) is 5.41 Å². The summed E-state index contributed by atoms with van der Waals surface area (Å²) in [5.74, 6) is 0.697. The quantitative estimate of drug-likeness (QED) is 0.822. The van der Waals surface area contributed by atoms with Crippen molar-refractivity contribution in [3.63, 3.8) is 0 Å². The van der Waals surface area contributed by atoms with Crippen LogP contribution in [-0.2, 0) is 11.8 Å². The number of rotatable bonds is 2. The number of aliphatic hydroxyl groups excluding tert-OH is 1. The normalized spacial score (nSPS) is 16.9. The Bertz CT molecular complexity index is 522. The molecule has 0 spiro atoms. The Morgan fingerprint density at radius 3 is 2.56 bits per heavy atom. The monoisotopic (exact) mass is 244 g/mol. The first kappa shape index (κ1) is 12.7. The topological polar surface area (TPSA) is 40.5 Å². The second-order valence-corrected chi connectivity index (χ2v) is 5.35. The fraction of sp³-hybridized carbons (Fsp3) is 0.375. The molecule has 1 aromatic rings. The third-order valence-electron chi connectivity index (χ3n) is 3.61. The van der Waals surface area contributed by atoms with Crippen LogP contribution in [0.1, 0.15) is 43.9 Å². The average Bonchev–Trinajstić information content (AvgIpc) is 2.40. The van der Waals surface area contributed by atoms with E-state index in [2.05, 4.69) is 6.92 Å². The Morgan fingerprint density at radius 2 is 1.89 bits per heavy atom. The highest BCUT2D eigenvalue weighted by atomic mass is 16.3. The molecule has 0 saturated heterocycles. The number of allylic oxidation sites excluding steroid dienone is 3.